The van der Waals surface area contributed by atoms with Crippen LogP contribution in [-0.2, 0) is 17.8 Å². The van der Waals surface area contributed by atoms with Gasteiger partial charge < -0.3 is 4.74 Å². The molecule has 1 aliphatic heterocycles. The Hall–Kier alpha value is -0.820. The fourth-order valence-electron chi connectivity index (χ4n) is 1.13. The van der Waals surface area contributed by atoms with Gasteiger partial charge in [-0.15, -0.1) is 0 Å². The van der Waals surface area contributed by atoms with Gasteiger partial charge in [0.05, 0.1) is 6.61 Å². The normalized spacial score (nSPS) is 16.4. The van der Waals surface area contributed by atoms with Crippen LogP contribution in [0.4, 0.5) is 0 Å². The Labute approximate surface area is 60.6 Å². The molecule has 0 amide bonds. The third kappa shape index (κ3) is 0.929. The van der Waals surface area contributed by atoms with Gasteiger partial charge in [0.25, 0.3) is 0 Å². The third-order valence-electron chi connectivity index (χ3n) is 1.71. The first kappa shape index (κ1) is 5.93. The monoisotopic (exact) mass is 132 g/mol. The van der Waals surface area contributed by atoms with Crippen LogP contribution in [0, 0.1) is 6.61 Å². The molecule has 2 rings (SSSR count). The Morgan fingerprint density at radius 2 is 2.00 bits per heavy atom. The summed E-state index contributed by atoms with van der Waals surface area (Å²) < 4.78 is 5.05. The van der Waals surface area contributed by atoms with E-state index in [1.807, 2.05) is 12.1 Å². The van der Waals surface area contributed by atoms with Crippen molar-refractivity contribution in [3.8, 4) is 0 Å². The molecule has 0 unspecified atom stereocenters. The van der Waals surface area contributed by atoms with E-state index in [0.717, 1.165) is 6.42 Å². The largest absolute Gasteiger partial charge is 0.364 e. The number of ether oxygens (including phenoxy) is 1. The second kappa shape index (κ2) is 2.43. The Morgan fingerprint density at radius 3 is 2.80 bits per heavy atom. The number of hydrogen-bond acceptors (Lipinski definition) is 1. The SMILES string of the molecule is [C]1Cc2ccccc2CO1. The highest BCUT2D eigenvalue weighted by molar-refractivity contribution is 5.28. The molecule has 0 saturated carbocycles. The molecule has 2 radical (unpaired) electrons. The number of benzene rings is 1. The Balaban J connectivity index is 2.41. The van der Waals surface area contributed by atoms with Crippen LogP contribution in [0.25, 0.3) is 0 Å². The number of rotatable bonds is 0. The minimum absolute atomic E-state index is 0.691. The molecular weight excluding hydrogens is 124 g/mol. The van der Waals surface area contributed by atoms with E-state index < -0.39 is 0 Å². The predicted octanol–water partition coefficient (Wildman–Crippen LogP) is 1.80. The van der Waals surface area contributed by atoms with Gasteiger partial charge in [0.1, 0.15) is 6.61 Å². The summed E-state index contributed by atoms with van der Waals surface area (Å²) in [7, 11) is 0. The summed E-state index contributed by atoms with van der Waals surface area (Å²) in [6, 6.07) is 8.29. The molecule has 1 heteroatoms. The lowest BCUT2D eigenvalue weighted by Crippen LogP contribution is -2.04. The maximum absolute atomic E-state index is 5.05. The Kier molecular flexibility index (Phi) is 1.44. The first-order valence-corrected chi connectivity index (χ1v) is 3.38. The molecule has 0 N–H and O–H groups in total. The van der Waals surface area contributed by atoms with Crippen molar-refractivity contribution in [1.29, 1.82) is 0 Å². The average molecular weight is 132 g/mol. The molecule has 0 aliphatic carbocycles. The van der Waals surface area contributed by atoms with Gasteiger partial charge >= 0.3 is 0 Å². The predicted molar refractivity (Wildman–Crippen MR) is 38.2 cm³/mol. The van der Waals surface area contributed by atoms with E-state index in [-0.39, 0.29) is 0 Å². The zero-order chi connectivity index (χ0) is 6.81. The molecular formula is C9H8O. The van der Waals surface area contributed by atoms with Gasteiger partial charge in [0, 0.05) is 6.42 Å². The van der Waals surface area contributed by atoms with Crippen LogP contribution in [0.1, 0.15) is 11.1 Å². The average Bonchev–Trinajstić information content (AvgIpc) is 2.05. The van der Waals surface area contributed by atoms with Gasteiger partial charge in [0.2, 0.25) is 0 Å². The molecule has 10 heavy (non-hydrogen) atoms. The molecule has 0 aromatic heterocycles. The van der Waals surface area contributed by atoms with Crippen molar-refractivity contribution in [3.05, 3.63) is 42.0 Å². The lowest BCUT2D eigenvalue weighted by atomic mass is 10.0. The number of fused-ring (bicyclic) bond motifs is 1. The highest BCUT2D eigenvalue weighted by atomic mass is 16.5. The summed E-state index contributed by atoms with van der Waals surface area (Å²) in [5.74, 6) is 0. The lowest BCUT2D eigenvalue weighted by Gasteiger charge is -2.13. The van der Waals surface area contributed by atoms with Gasteiger partial charge in [-0.1, -0.05) is 24.3 Å². The molecule has 1 aromatic carbocycles. The first-order valence-electron chi connectivity index (χ1n) is 3.38. The standard InChI is InChI=1S/C9H8O/c1-2-4-9-7-10-6-5-8(9)3-1/h1-4H,5,7H2. The summed E-state index contributed by atoms with van der Waals surface area (Å²) in [5.41, 5.74) is 2.63. The zero-order valence-electron chi connectivity index (χ0n) is 5.63. The van der Waals surface area contributed by atoms with Gasteiger partial charge in [-0.05, 0) is 11.1 Å². The maximum atomic E-state index is 5.05. The van der Waals surface area contributed by atoms with Crippen LogP contribution in [-0.4, -0.2) is 0 Å². The van der Waals surface area contributed by atoms with Crippen LogP contribution >= 0.6 is 0 Å². The maximum Gasteiger partial charge on any atom is 0.137 e. The minimum Gasteiger partial charge on any atom is -0.364 e. The fraction of sp³-hybridized carbons (Fsp3) is 0.222. The third-order valence-corrected chi connectivity index (χ3v) is 1.71. The van der Waals surface area contributed by atoms with Crippen molar-refractivity contribution in [2.45, 2.75) is 13.0 Å². The van der Waals surface area contributed by atoms with E-state index in [2.05, 4.69) is 18.7 Å². The Morgan fingerprint density at radius 1 is 1.20 bits per heavy atom. The molecule has 1 nitrogen and oxygen atoms in total. The van der Waals surface area contributed by atoms with Crippen LogP contribution in [0.3, 0.4) is 0 Å². The molecule has 0 fully saturated rings. The quantitative estimate of drug-likeness (QED) is 0.523. The van der Waals surface area contributed by atoms with E-state index in [4.69, 9.17) is 4.74 Å². The summed E-state index contributed by atoms with van der Waals surface area (Å²) >= 11 is 0. The highest BCUT2D eigenvalue weighted by Crippen LogP contribution is 2.17. The molecule has 0 atom stereocenters. The van der Waals surface area contributed by atoms with Gasteiger partial charge in [-0.2, -0.15) is 0 Å². The lowest BCUT2D eigenvalue weighted by molar-refractivity contribution is 0.170. The number of hydrogen-bond donors (Lipinski definition) is 0. The molecule has 0 bridgehead atoms. The fourth-order valence-corrected chi connectivity index (χ4v) is 1.13. The van der Waals surface area contributed by atoms with Gasteiger partial charge in [-0.25, -0.2) is 0 Å². The molecule has 1 heterocycles. The van der Waals surface area contributed by atoms with E-state index in [0.29, 0.717) is 6.61 Å². The van der Waals surface area contributed by atoms with Crippen molar-refractivity contribution in [1.82, 2.24) is 0 Å². The molecule has 0 saturated heterocycles. The second-order valence-electron chi connectivity index (χ2n) is 2.38. The zero-order valence-corrected chi connectivity index (χ0v) is 5.63. The van der Waals surface area contributed by atoms with E-state index in [1.165, 1.54) is 11.1 Å². The van der Waals surface area contributed by atoms with Gasteiger partial charge in [0.15, 0.2) is 0 Å². The minimum atomic E-state index is 0.691. The summed E-state index contributed by atoms with van der Waals surface area (Å²) in [5, 5.41) is 0. The van der Waals surface area contributed by atoms with Crippen molar-refractivity contribution >= 4 is 0 Å². The molecule has 0 spiro atoms. The van der Waals surface area contributed by atoms with E-state index in [1.54, 1.807) is 0 Å². The Bertz CT molecular complexity index is 205. The smallest absolute Gasteiger partial charge is 0.137 e. The van der Waals surface area contributed by atoms with Crippen molar-refractivity contribution in [3.63, 3.8) is 0 Å². The van der Waals surface area contributed by atoms with Crippen molar-refractivity contribution in [2.24, 2.45) is 0 Å². The first-order chi connectivity index (χ1) is 4.97. The summed E-state index contributed by atoms with van der Waals surface area (Å²) in [4.78, 5) is 0. The van der Waals surface area contributed by atoms with Gasteiger partial charge in [-0.3, -0.25) is 0 Å². The van der Waals surface area contributed by atoms with Crippen molar-refractivity contribution in [2.75, 3.05) is 0 Å². The van der Waals surface area contributed by atoms with E-state index >= 15 is 0 Å². The van der Waals surface area contributed by atoms with Crippen LogP contribution < -0.4 is 0 Å². The highest BCUT2D eigenvalue weighted by Gasteiger charge is 2.07. The molecule has 50 valence electrons. The van der Waals surface area contributed by atoms with Crippen LogP contribution in [0.5, 0.6) is 0 Å². The summed E-state index contributed by atoms with van der Waals surface area (Å²) in [6.45, 7) is 3.53. The van der Waals surface area contributed by atoms with Crippen LogP contribution in [0.2, 0.25) is 0 Å². The topological polar surface area (TPSA) is 9.23 Å². The van der Waals surface area contributed by atoms with Crippen molar-refractivity contribution < 1.29 is 4.74 Å². The molecule has 1 aromatic rings. The van der Waals surface area contributed by atoms with Crippen LogP contribution in [0.15, 0.2) is 24.3 Å². The molecule has 1 aliphatic rings. The summed E-state index contributed by atoms with van der Waals surface area (Å²) in [6.07, 6.45) is 0.830. The van der Waals surface area contributed by atoms with E-state index in [9.17, 15) is 0 Å². The second-order valence-corrected chi connectivity index (χ2v) is 2.38.